The topological polar surface area (TPSA) is 70.6 Å². The Morgan fingerprint density at radius 3 is 2.88 bits per heavy atom. The van der Waals surface area contributed by atoms with Gasteiger partial charge in [-0.1, -0.05) is 17.3 Å². The van der Waals surface area contributed by atoms with Gasteiger partial charge in [-0.05, 0) is 37.5 Å². The molecule has 4 N–H and O–H groups in total. The monoisotopic (exact) mass is 223 g/mol. The number of hydrogen-bond acceptors (Lipinski definition) is 3. The Balaban J connectivity index is 1.74. The van der Waals surface area contributed by atoms with E-state index >= 15 is 0 Å². The molecule has 0 aromatic rings. The van der Waals surface area contributed by atoms with E-state index in [-0.39, 0.29) is 5.41 Å². The third kappa shape index (κ3) is 2.98. The van der Waals surface area contributed by atoms with Crippen LogP contribution >= 0.6 is 0 Å². The van der Waals surface area contributed by atoms with Crippen molar-refractivity contribution in [1.82, 2.24) is 5.32 Å². The van der Waals surface area contributed by atoms with E-state index in [4.69, 9.17) is 10.9 Å². The summed E-state index contributed by atoms with van der Waals surface area (Å²) in [6.07, 6.45) is 11.2. The Bertz CT molecular complexity index is 295. The number of hydrogen-bond donors (Lipinski definition) is 3. The normalized spacial score (nSPS) is 28.0. The highest BCUT2D eigenvalue weighted by Crippen LogP contribution is 2.48. The number of nitrogens with two attached hydrogens (primary N) is 1. The molecule has 1 fully saturated rings. The van der Waals surface area contributed by atoms with Crippen LogP contribution in [-0.2, 0) is 0 Å². The predicted octanol–water partition coefficient (Wildman–Crippen LogP) is 1.60. The molecule has 0 heterocycles. The number of allylic oxidation sites excluding steroid dienone is 1. The van der Waals surface area contributed by atoms with Gasteiger partial charge in [0.1, 0.15) is 5.84 Å². The molecule has 0 bridgehead atoms. The van der Waals surface area contributed by atoms with Gasteiger partial charge in [0.2, 0.25) is 0 Å². The molecule has 16 heavy (non-hydrogen) atoms. The van der Waals surface area contributed by atoms with Crippen LogP contribution in [0.5, 0.6) is 0 Å². The van der Waals surface area contributed by atoms with Gasteiger partial charge in [0.15, 0.2) is 0 Å². The van der Waals surface area contributed by atoms with Gasteiger partial charge in [0, 0.05) is 19.0 Å². The quantitative estimate of drug-likeness (QED) is 0.218. The Morgan fingerprint density at radius 1 is 1.50 bits per heavy atom. The standard InChI is InChI=1S/C12H21N3O/c13-11(15-16)8-12(6-7-12)9-14-10-4-2-1-3-5-10/h1-2,10,14,16H,3-9H2,(H2,13,15). The first kappa shape index (κ1) is 11.5. The zero-order valence-electron chi connectivity index (χ0n) is 9.65. The molecule has 0 saturated heterocycles. The van der Waals surface area contributed by atoms with E-state index in [1.807, 2.05) is 0 Å². The lowest BCUT2D eigenvalue weighted by Gasteiger charge is -2.23. The molecular formula is C12H21N3O. The first-order chi connectivity index (χ1) is 7.74. The molecule has 0 aromatic heterocycles. The molecule has 4 heteroatoms. The maximum absolute atomic E-state index is 8.58. The van der Waals surface area contributed by atoms with Crippen LogP contribution in [0, 0.1) is 5.41 Å². The summed E-state index contributed by atoms with van der Waals surface area (Å²) in [5.41, 5.74) is 5.84. The second-order valence-corrected chi connectivity index (χ2v) is 5.13. The number of nitrogens with zero attached hydrogens (tertiary/aromatic N) is 1. The molecule has 0 spiro atoms. The molecule has 1 unspecified atom stereocenters. The first-order valence-corrected chi connectivity index (χ1v) is 6.09. The van der Waals surface area contributed by atoms with Crippen LogP contribution in [0.3, 0.4) is 0 Å². The van der Waals surface area contributed by atoms with E-state index in [1.54, 1.807) is 0 Å². The number of nitrogens with one attached hydrogen (secondary N) is 1. The lowest BCUT2D eigenvalue weighted by molar-refractivity contribution is 0.313. The summed E-state index contributed by atoms with van der Waals surface area (Å²) in [4.78, 5) is 0. The minimum Gasteiger partial charge on any atom is -0.409 e. The molecule has 0 aromatic carbocycles. The number of rotatable bonds is 5. The van der Waals surface area contributed by atoms with E-state index in [9.17, 15) is 0 Å². The highest BCUT2D eigenvalue weighted by molar-refractivity contribution is 5.80. The van der Waals surface area contributed by atoms with Crippen molar-refractivity contribution in [3.63, 3.8) is 0 Å². The summed E-state index contributed by atoms with van der Waals surface area (Å²) in [6, 6.07) is 0.620. The molecular weight excluding hydrogens is 202 g/mol. The summed E-state index contributed by atoms with van der Waals surface area (Å²) in [5, 5.41) is 15.3. The lowest BCUT2D eigenvalue weighted by atomic mass is 9.98. The molecule has 0 amide bonds. The highest BCUT2D eigenvalue weighted by Gasteiger charge is 2.43. The SMILES string of the molecule is NC(CC1(CNC2CC=CCC2)CC1)=NO. The van der Waals surface area contributed by atoms with E-state index in [1.165, 1.54) is 25.7 Å². The smallest absolute Gasteiger partial charge is 0.139 e. The Morgan fingerprint density at radius 2 is 2.31 bits per heavy atom. The number of amidine groups is 1. The average Bonchev–Trinajstić information content (AvgIpc) is 3.08. The van der Waals surface area contributed by atoms with E-state index in [0.717, 1.165) is 19.4 Å². The number of oxime groups is 1. The summed E-state index contributed by atoms with van der Waals surface area (Å²) in [6.45, 7) is 1.00. The van der Waals surface area contributed by atoms with Crippen LogP contribution in [0.25, 0.3) is 0 Å². The van der Waals surface area contributed by atoms with Crippen LogP contribution in [0.1, 0.15) is 38.5 Å². The van der Waals surface area contributed by atoms with Gasteiger partial charge in [-0.25, -0.2) is 0 Å². The molecule has 4 nitrogen and oxygen atoms in total. The van der Waals surface area contributed by atoms with Crippen molar-refractivity contribution in [2.45, 2.75) is 44.6 Å². The van der Waals surface area contributed by atoms with Crippen molar-refractivity contribution < 1.29 is 5.21 Å². The summed E-state index contributed by atoms with van der Waals surface area (Å²) in [7, 11) is 0. The third-order valence-corrected chi connectivity index (χ3v) is 3.68. The summed E-state index contributed by atoms with van der Waals surface area (Å²) < 4.78 is 0. The van der Waals surface area contributed by atoms with Crippen molar-refractivity contribution in [2.24, 2.45) is 16.3 Å². The third-order valence-electron chi connectivity index (χ3n) is 3.68. The van der Waals surface area contributed by atoms with Crippen LogP contribution in [0.15, 0.2) is 17.3 Å². The molecule has 0 aliphatic heterocycles. The molecule has 2 aliphatic rings. The van der Waals surface area contributed by atoms with Crippen LogP contribution in [0.4, 0.5) is 0 Å². The molecule has 1 atom stereocenters. The highest BCUT2D eigenvalue weighted by atomic mass is 16.4. The molecule has 0 radical (unpaired) electrons. The van der Waals surface area contributed by atoms with Crippen LogP contribution in [0.2, 0.25) is 0 Å². The molecule has 2 aliphatic carbocycles. The maximum atomic E-state index is 8.58. The maximum Gasteiger partial charge on any atom is 0.139 e. The van der Waals surface area contributed by atoms with Crippen LogP contribution in [-0.4, -0.2) is 23.6 Å². The predicted molar refractivity (Wildman–Crippen MR) is 64.5 cm³/mol. The van der Waals surface area contributed by atoms with Gasteiger partial charge < -0.3 is 16.3 Å². The Hall–Kier alpha value is -1.03. The van der Waals surface area contributed by atoms with Gasteiger partial charge in [0.05, 0.1) is 0 Å². The summed E-state index contributed by atoms with van der Waals surface area (Å²) in [5.74, 6) is 0.364. The largest absolute Gasteiger partial charge is 0.409 e. The zero-order valence-corrected chi connectivity index (χ0v) is 9.65. The van der Waals surface area contributed by atoms with E-state index < -0.39 is 0 Å². The van der Waals surface area contributed by atoms with E-state index in [0.29, 0.717) is 11.9 Å². The van der Waals surface area contributed by atoms with Gasteiger partial charge in [-0.15, -0.1) is 0 Å². The fourth-order valence-electron chi connectivity index (χ4n) is 2.35. The first-order valence-electron chi connectivity index (χ1n) is 6.09. The van der Waals surface area contributed by atoms with Gasteiger partial charge in [-0.3, -0.25) is 0 Å². The van der Waals surface area contributed by atoms with Gasteiger partial charge >= 0.3 is 0 Å². The Kier molecular flexibility index (Phi) is 3.49. The summed E-state index contributed by atoms with van der Waals surface area (Å²) >= 11 is 0. The Labute approximate surface area is 96.6 Å². The molecule has 90 valence electrons. The van der Waals surface area contributed by atoms with Crippen molar-refractivity contribution >= 4 is 5.84 Å². The minimum atomic E-state index is 0.275. The van der Waals surface area contributed by atoms with Crippen molar-refractivity contribution in [1.29, 1.82) is 0 Å². The van der Waals surface area contributed by atoms with Gasteiger partial charge in [-0.2, -0.15) is 0 Å². The fraction of sp³-hybridized carbons (Fsp3) is 0.750. The minimum absolute atomic E-state index is 0.275. The lowest BCUT2D eigenvalue weighted by Crippen LogP contribution is -2.36. The van der Waals surface area contributed by atoms with Crippen molar-refractivity contribution in [3.05, 3.63) is 12.2 Å². The zero-order chi connectivity index (χ0) is 11.4. The van der Waals surface area contributed by atoms with Crippen LogP contribution < -0.4 is 11.1 Å². The average molecular weight is 223 g/mol. The van der Waals surface area contributed by atoms with Gasteiger partial charge in [0.25, 0.3) is 0 Å². The molecule has 2 rings (SSSR count). The van der Waals surface area contributed by atoms with E-state index in [2.05, 4.69) is 22.6 Å². The second-order valence-electron chi connectivity index (χ2n) is 5.13. The molecule has 1 saturated carbocycles. The van der Waals surface area contributed by atoms with Crippen molar-refractivity contribution in [2.75, 3.05) is 6.54 Å². The second kappa shape index (κ2) is 4.87. The van der Waals surface area contributed by atoms with Crippen molar-refractivity contribution in [3.8, 4) is 0 Å². The fourth-order valence-corrected chi connectivity index (χ4v) is 2.35.